The Labute approximate surface area is 167 Å². The number of nitrogens with one attached hydrogen (secondary N) is 1. The van der Waals surface area contributed by atoms with Gasteiger partial charge in [-0.15, -0.1) is 0 Å². The zero-order chi connectivity index (χ0) is 20.4. The summed E-state index contributed by atoms with van der Waals surface area (Å²) in [6.07, 6.45) is 0.00642. The van der Waals surface area contributed by atoms with Gasteiger partial charge in [-0.2, -0.15) is 0 Å². The summed E-state index contributed by atoms with van der Waals surface area (Å²) in [4.78, 5) is 25.0. The number of carbonyl (C=O) groups is 2. The number of benzene rings is 2. The van der Waals surface area contributed by atoms with E-state index in [1.165, 1.54) is 14.2 Å². The number of ether oxygens (including phenoxy) is 5. The summed E-state index contributed by atoms with van der Waals surface area (Å²) in [7, 11) is 2.95. The molecule has 1 unspecified atom stereocenters. The van der Waals surface area contributed by atoms with Gasteiger partial charge in [-0.3, -0.25) is 4.79 Å². The van der Waals surface area contributed by atoms with E-state index < -0.39 is 12.1 Å². The largest absolute Gasteiger partial charge is 0.493 e. The number of fused-ring (bicyclic) bond motifs is 2. The first kappa shape index (κ1) is 18.9. The molecule has 0 saturated heterocycles. The molecule has 1 atom stereocenters. The summed E-state index contributed by atoms with van der Waals surface area (Å²) in [6.45, 7) is 0.631. The van der Waals surface area contributed by atoms with E-state index in [0.29, 0.717) is 41.3 Å². The molecule has 0 spiro atoms. The van der Waals surface area contributed by atoms with Crippen molar-refractivity contribution in [1.82, 2.24) is 5.32 Å². The Morgan fingerprint density at radius 3 is 2.76 bits per heavy atom. The van der Waals surface area contributed by atoms with Crippen molar-refractivity contribution in [2.75, 3.05) is 27.6 Å². The lowest BCUT2D eigenvalue weighted by molar-refractivity contribution is -0.130. The third-order valence-electron chi connectivity index (χ3n) is 4.93. The summed E-state index contributed by atoms with van der Waals surface area (Å²) in [5.41, 5.74) is 2.00. The van der Waals surface area contributed by atoms with Gasteiger partial charge in [0.1, 0.15) is 5.56 Å². The van der Waals surface area contributed by atoms with Crippen molar-refractivity contribution in [3.63, 3.8) is 0 Å². The number of esters is 1. The Morgan fingerprint density at radius 2 is 1.97 bits per heavy atom. The highest BCUT2D eigenvalue weighted by Crippen LogP contribution is 2.37. The number of methoxy groups -OCH3 is 2. The van der Waals surface area contributed by atoms with Crippen LogP contribution >= 0.6 is 0 Å². The van der Waals surface area contributed by atoms with Crippen LogP contribution in [0.5, 0.6) is 23.0 Å². The van der Waals surface area contributed by atoms with Crippen LogP contribution in [-0.4, -0.2) is 45.5 Å². The molecule has 4 rings (SSSR count). The molecule has 2 aliphatic heterocycles. The molecule has 152 valence electrons. The quantitative estimate of drug-likeness (QED) is 0.742. The monoisotopic (exact) mass is 399 g/mol. The van der Waals surface area contributed by atoms with E-state index in [9.17, 15) is 9.59 Å². The molecule has 29 heavy (non-hydrogen) atoms. The maximum absolute atomic E-state index is 12.5. The van der Waals surface area contributed by atoms with Gasteiger partial charge in [0.2, 0.25) is 6.79 Å². The average molecular weight is 399 g/mol. The van der Waals surface area contributed by atoms with E-state index in [1.807, 2.05) is 18.2 Å². The number of rotatable bonds is 6. The normalized spacial score (nSPS) is 16.6. The fourth-order valence-corrected chi connectivity index (χ4v) is 3.48. The molecule has 8 nitrogen and oxygen atoms in total. The average Bonchev–Trinajstić information content (AvgIpc) is 3.20. The van der Waals surface area contributed by atoms with Gasteiger partial charge in [0.25, 0.3) is 5.91 Å². The third kappa shape index (κ3) is 3.65. The van der Waals surface area contributed by atoms with Gasteiger partial charge in [0.05, 0.1) is 14.2 Å². The van der Waals surface area contributed by atoms with Crippen molar-refractivity contribution >= 4 is 11.9 Å². The Morgan fingerprint density at radius 1 is 1.14 bits per heavy atom. The predicted molar refractivity (Wildman–Crippen MR) is 102 cm³/mol. The second-order valence-electron chi connectivity index (χ2n) is 6.66. The molecule has 0 aromatic heterocycles. The lowest BCUT2D eigenvalue weighted by Gasteiger charge is -2.25. The maximum atomic E-state index is 12.5. The van der Waals surface area contributed by atoms with E-state index in [0.717, 1.165) is 11.3 Å². The van der Waals surface area contributed by atoms with Crippen LogP contribution in [-0.2, 0) is 22.4 Å². The van der Waals surface area contributed by atoms with Crippen molar-refractivity contribution < 1.29 is 33.3 Å². The first-order valence-corrected chi connectivity index (χ1v) is 9.21. The molecular formula is C21H21NO7. The van der Waals surface area contributed by atoms with E-state index in [4.69, 9.17) is 23.7 Å². The van der Waals surface area contributed by atoms with Gasteiger partial charge in [-0.25, -0.2) is 4.79 Å². The maximum Gasteiger partial charge on any atom is 0.343 e. The Hall–Kier alpha value is -3.42. The molecule has 0 radical (unpaired) electrons. The van der Waals surface area contributed by atoms with Gasteiger partial charge in [0, 0.05) is 13.0 Å². The number of cyclic esters (lactones) is 1. The van der Waals surface area contributed by atoms with Gasteiger partial charge in [-0.1, -0.05) is 12.1 Å². The second kappa shape index (κ2) is 7.90. The van der Waals surface area contributed by atoms with E-state index in [-0.39, 0.29) is 19.1 Å². The van der Waals surface area contributed by atoms with Crippen LogP contribution in [0.2, 0.25) is 0 Å². The van der Waals surface area contributed by atoms with Crippen molar-refractivity contribution in [3.05, 3.63) is 47.0 Å². The van der Waals surface area contributed by atoms with Crippen molar-refractivity contribution in [2.45, 2.75) is 18.9 Å². The molecule has 0 fully saturated rings. The molecule has 2 aromatic rings. The number of amides is 1. The minimum atomic E-state index is -0.884. The fraction of sp³-hybridized carbons (Fsp3) is 0.333. The van der Waals surface area contributed by atoms with Crippen LogP contribution in [0.15, 0.2) is 30.3 Å². The summed E-state index contributed by atoms with van der Waals surface area (Å²) >= 11 is 0. The van der Waals surface area contributed by atoms with Gasteiger partial charge in [0.15, 0.2) is 29.1 Å². The number of hydrogen-bond acceptors (Lipinski definition) is 7. The lowest BCUT2D eigenvalue weighted by atomic mass is 9.96. The minimum Gasteiger partial charge on any atom is -0.493 e. The lowest BCUT2D eigenvalue weighted by Crippen LogP contribution is -2.42. The first-order chi connectivity index (χ1) is 14.1. The summed E-state index contributed by atoms with van der Waals surface area (Å²) < 4.78 is 26.5. The van der Waals surface area contributed by atoms with Crippen LogP contribution in [0, 0.1) is 0 Å². The van der Waals surface area contributed by atoms with Gasteiger partial charge >= 0.3 is 5.97 Å². The van der Waals surface area contributed by atoms with Crippen LogP contribution in [0.1, 0.15) is 21.5 Å². The fourth-order valence-electron chi connectivity index (χ4n) is 3.48. The molecule has 0 bridgehead atoms. The predicted octanol–water partition coefficient (Wildman–Crippen LogP) is 1.87. The SMILES string of the molecule is COc1ccc2c(c1OC)C(=O)OC(C(=O)NCCc1ccc3c(c1)OCO3)C2. The van der Waals surface area contributed by atoms with Crippen LogP contribution in [0.4, 0.5) is 0 Å². The summed E-state index contributed by atoms with van der Waals surface area (Å²) in [5, 5.41) is 2.83. The highest BCUT2D eigenvalue weighted by atomic mass is 16.7. The molecule has 2 heterocycles. The van der Waals surface area contributed by atoms with E-state index in [2.05, 4.69) is 5.32 Å². The third-order valence-corrected chi connectivity index (χ3v) is 4.93. The van der Waals surface area contributed by atoms with Crippen LogP contribution in [0.25, 0.3) is 0 Å². The summed E-state index contributed by atoms with van der Waals surface area (Å²) in [5.74, 6) is 1.25. The molecule has 0 saturated carbocycles. The highest BCUT2D eigenvalue weighted by molar-refractivity contribution is 5.99. The van der Waals surface area contributed by atoms with Crippen LogP contribution < -0.4 is 24.3 Å². The Balaban J connectivity index is 1.38. The zero-order valence-electron chi connectivity index (χ0n) is 16.2. The van der Waals surface area contributed by atoms with Crippen LogP contribution in [0.3, 0.4) is 0 Å². The molecule has 1 N–H and O–H groups in total. The smallest absolute Gasteiger partial charge is 0.343 e. The Kier molecular flexibility index (Phi) is 5.16. The minimum absolute atomic E-state index is 0.223. The molecule has 2 aromatic carbocycles. The molecule has 0 aliphatic carbocycles. The van der Waals surface area contributed by atoms with Crippen molar-refractivity contribution in [2.24, 2.45) is 0 Å². The number of carbonyl (C=O) groups excluding carboxylic acids is 2. The highest BCUT2D eigenvalue weighted by Gasteiger charge is 2.34. The van der Waals surface area contributed by atoms with E-state index >= 15 is 0 Å². The molecule has 1 amide bonds. The van der Waals surface area contributed by atoms with Gasteiger partial charge < -0.3 is 29.0 Å². The van der Waals surface area contributed by atoms with E-state index in [1.54, 1.807) is 12.1 Å². The Bertz CT molecular complexity index is 956. The van der Waals surface area contributed by atoms with Crippen molar-refractivity contribution in [3.8, 4) is 23.0 Å². The van der Waals surface area contributed by atoms with Crippen molar-refractivity contribution in [1.29, 1.82) is 0 Å². The first-order valence-electron chi connectivity index (χ1n) is 9.21. The molecule has 2 aliphatic rings. The molecule has 8 heteroatoms. The molecular weight excluding hydrogens is 378 g/mol. The topological polar surface area (TPSA) is 92.3 Å². The zero-order valence-corrected chi connectivity index (χ0v) is 16.2. The van der Waals surface area contributed by atoms with Gasteiger partial charge in [-0.05, 0) is 35.7 Å². The standard InChI is InChI=1S/C21H21NO7/c1-25-15-6-4-13-10-17(29-21(24)18(13)19(15)26-2)20(23)22-8-7-12-3-5-14-16(9-12)28-11-27-14/h3-6,9,17H,7-8,10-11H2,1-2H3,(H,22,23). The number of hydrogen-bond donors (Lipinski definition) is 1. The summed E-state index contributed by atoms with van der Waals surface area (Å²) in [6, 6.07) is 9.14. The second-order valence-corrected chi connectivity index (χ2v) is 6.66.